The fourth-order valence-electron chi connectivity index (χ4n) is 2.78. The topological polar surface area (TPSA) is 107 Å². The largest absolute Gasteiger partial charge is 0.493 e. The number of anilines is 1. The monoisotopic (exact) mass is 404 g/mol. The standard InChI is InChI=1S/C19H20N2O6S/c1-4-27-19(22)18-17(13-7-5-6-8-14(13)20-18)21-28(23,24)12-9-10-15(25-2)16(11-12)26-3/h5-11,20-21H,4H2,1-3H3. The molecule has 2 N–H and O–H groups in total. The highest BCUT2D eigenvalue weighted by molar-refractivity contribution is 7.92. The SMILES string of the molecule is CCOC(=O)c1[nH]c2ccccc2c1NS(=O)(=O)c1ccc(OC)c(OC)c1. The molecule has 1 heterocycles. The number of rotatable bonds is 7. The Bertz CT molecular complexity index is 1120. The summed E-state index contributed by atoms with van der Waals surface area (Å²) in [6.45, 7) is 1.84. The quantitative estimate of drug-likeness (QED) is 0.586. The number of hydrogen-bond donors (Lipinski definition) is 2. The molecule has 3 aromatic rings. The molecule has 0 radical (unpaired) electrons. The van der Waals surface area contributed by atoms with Crippen molar-refractivity contribution in [2.75, 3.05) is 25.5 Å². The summed E-state index contributed by atoms with van der Waals surface area (Å²) < 4.78 is 43.8. The van der Waals surface area contributed by atoms with Crippen molar-refractivity contribution in [3.05, 3.63) is 48.2 Å². The molecule has 9 heteroatoms. The van der Waals surface area contributed by atoms with Crippen LogP contribution < -0.4 is 14.2 Å². The summed E-state index contributed by atoms with van der Waals surface area (Å²) >= 11 is 0. The summed E-state index contributed by atoms with van der Waals surface area (Å²) in [6.07, 6.45) is 0. The van der Waals surface area contributed by atoms with Crippen LogP contribution in [0.2, 0.25) is 0 Å². The van der Waals surface area contributed by atoms with Gasteiger partial charge in [0.15, 0.2) is 17.2 Å². The second-order valence-corrected chi connectivity index (χ2v) is 7.45. The van der Waals surface area contributed by atoms with E-state index in [1.165, 1.54) is 32.4 Å². The van der Waals surface area contributed by atoms with E-state index in [0.29, 0.717) is 16.7 Å². The van der Waals surface area contributed by atoms with Crippen molar-refractivity contribution < 1.29 is 27.4 Å². The van der Waals surface area contributed by atoms with E-state index >= 15 is 0 Å². The molecular formula is C19H20N2O6S. The molecule has 0 aliphatic heterocycles. The van der Waals surface area contributed by atoms with E-state index in [-0.39, 0.29) is 28.6 Å². The van der Waals surface area contributed by atoms with Crippen molar-refractivity contribution in [3.8, 4) is 11.5 Å². The first-order chi connectivity index (χ1) is 13.4. The third kappa shape index (κ3) is 3.61. The number of para-hydroxylation sites is 1. The highest BCUT2D eigenvalue weighted by atomic mass is 32.2. The Hall–Kier alpha value is -3.20. The van der Waals surface area contributed by atoms with Gasteiger partial charge in [0.05, 0.1) is 31.4 Å². The summed E-state index contributed by atoms with van der Waals surface area (Å²) in [5.41, 5.74) is 0.770. The lowest BCUT2D eigenvalue weighted by Crippen LogP contribution is -2.16. The van der Waals surface area contributed by atoms with Gasteiger partial charge in [-0.2, -0.15) is 0 Å². The zero-order valence-corrected chi connectivity index (χ0v) is 16.4. The molecule has 0 amide bonds. The number of benzene rings is 2. The van der Waals surface area contributed by atoms with Crippen molar-refractivity contribution in [2.45, 2.75) is 11.8 Å². The number of nitrogens with one attached hydrogen (secondary N) is 2. The number of carbonyl (C=O) groups excluding carboxylic acids is 1. The molecule has 0 unspecified atom stereocenters. The lowest BCUT2D eigenvalue weighted by atomic mass is 10.2. The van der Waals surface area contributed by atoms with E-state index in [1.807, 2.05) is 0 Å². The zero-order chi connectivity index (χ0) is 20.3. The van der Waals surface area contributed by atoms with Crippen LogP contribution in [0.15, 0.2) is 47.4 Å². The molecule has 0 bridgehead atoms. The van der Waals surface area contributed by atoms with Crippen LogP contribution in [0.3, 0.4) is 0 Å². The number of ether oxygens (including phenoxy) is 3. The first-order valence-electron chi connectivity index (χ1n) is 8.44. The number of aromatic nitrogens is 1. The van der Waals surface area contributed by atoms with Crippen LogP contribution in [0.25, 0.3) is 10.9 Å². The number of aromatic amines is 1. The zero-order valence-electron chi connectivity index (χ0n) is 15.6. The van der Waals surface area contributed by atoms with Crippen molar-refractivity contribution in [1.82, 2.24) is 4.98 Å². The van der Waals surface area contributed by atoms with Gasteiger partial charge in [-0.05, 0) is 25.1 Å². The molecule has 0 aliphatic carbocycles. The van der Waals surface area contributed by atoms with Gasteiger partial charge in [-0.3, -0.25) is 4.72 Å². The fourth-order valence-corrected chi connectivity index (χ4v) is 3.89. The van der Waals surface area contributed by atoms with Crippen molar-refractivity contribution >= 4 is 32.6 Å². The van der Waals surface area contributed by atoms with E-state index in [1.54, 1.807) is 31.2 Å². The van der Waals surface area contributed by atoms with E-state index in [4.69, 9.17) is 14.2 Å². The van der Waals surface area contributed by atoms with Crippen LogP contribution in [-0.4, -0.2) is 40.2 Å². The van der Waals surface area contributed by atoms with Crippen molar-refractivity contribution in [2.24, 2.45) is 0 Å². The van der Waals surface area contributed by atoms with Crippen LogP contribution in [0, 0.1) is 0 Å². The molecule has 0 spiro atoms. The van der Waals surface area contributed by atoms with E-state index in [2.05, 4.69) is 9.71 Å². The molecule has 1 aromatic heterocycles. The number of methoxy groups -OCH3 is 2. The molecule has 0 saturated carbocycles. The van der Waals surface area contributed by atoms with Crippen LogP contribution >= 0.6 is 0 Å². The maximum atomic E-state index is 13.0. The number of H-pyrrole nitrogens is 1. The summed E-state index contributed by atoms with van der Waals surface area (Å²) in [6, 6.07) is 11.2. The number of hydrogen-bond acceptors (Lipinski definition) is 6. The van der Waals surface area contributed by atoms with Gasteiger partial charge in [0.2, 0.25) is 0 Å². The Balaban J connectivity index is 2.08. The molecule has 0 fully saturated rings. The molecule has 0 saturated heterocycles. The molecule has 0 aliphatic rings. The lowest BCUT2D eigenvalue weighted by Gasteiger charge is -2.12. The third-order valence-corrected chi connectivity index (χ3v) is 5.43. The Morgan fingerprint density at radius 2 is 1.79 bits per heavy atom. The Labute approximate surface area is 162 Å². The highest BCUT2D eigenvalue weighted by Gasteiger charge is 2.24. The van der Waals surface area contributed by atoms with Crippen LogP contribution in [0.4, 0.5) is 5.69 Å². The summed E-state index contributed by atoms with van der Waals surface area (Å²) in [5, 5.41) is 0.551. The summed E-state index contributed by atoms with van der Waals surface area (Å²) in [4.78, 5) is 15.2. The maximum Gasteiger partial charge on any atom is 0.356 e. The van der Waals surface area contributed by atoms with Gasteiger partial charge in [0.25, 0.3) is 10.0 Å². The Kier molecular flexibility index (Phi) is 5.46. The maximum absolute atomic E-state index is 13.0. The summed E-state index contributed by atoms with van der Waals surface area (Å²) in [7, 11) is -1.14. The van der Waals surface area contributed by atoms with E-state index < -0.39 is 16.0 Å². The predicted octanol–water partition coefficient (Wildman–Crippen LogP) is 3.16. The molecule has 28 heavy (non-hydrogen) atoms. The van der Waals surface area contributed by atoms with Crippen molar-refractivity contribution in [3.63, 3.8) is 0 Å². The Morgan fingerprint density at radius 3 is 2.46 bits per heavy atom. The lowest BCUT2D eigenvalue weighted by molar-refractivity contribution is 0.0522. The predicted molar refractivity (Wildman–Crippen MR) is 105 cm³/mol. The second kappa shape index (κ2) is 7.81. The number of esters is 1. The van der Waals surface area contributed by atoms with E-state index in [9.17, 15) is 13.2 Å². The first-order valence-corrected chi connectivity index (χ1v) is 9.92. The number of carbonyl (C=O) groups is 1. The number of fused-ring (bicyclic) bond motifs is 1. The molecular weight excluding hydrogens is 384 g/mol. The first kappa shape index (κ1) is 19.6. The second-order valence-electron chi connectivity index (χ2n) is 5.76. The van der Waals surface area contributed by atoms with Gasteiger partial charge in [-0.25, -0.2) is 13.2 Å². The molecule has 0 atom stereocenters. The highest BCUT2D eigenvalue weighted by Crippen LogP contribution is 2.33. The van der Waals surface area contributed by atoms with Gasteiger partial charge < -0.3 is 19.2 Å². The minimum absolute atomic E-state index is 0.0344. The average Bonchev–Trinajstić information content (AvgIpc) is 3.05. The van der Waals surface area contributed by atoms with Gasteiger partial charge in [-0.1, -0.05) is 18.2 Å². The molecule has 2 aromatic carbocycles. The third-order valence-electron chi connectivity index (χ3n) is 4.09. The average molecular weight is 404 g/mol. The Morgan fingerprint density at radius 1 is 1.07 bits per heavy atom. The van der Waals surface area contributed by atoms with Crippen LogP contribution in [-0.2, 0) is 14.8 Å². The van der Waals surface area contributed by atoms with E-state index in [0.717, 1.165) is 0 Å². The minimum atomic E-state index is -4.02. The molecule has 8 nitrogen and oxygen atoms in total. The van der Waals surface area contributed by atoms with Crippen molar-refractivity contribution in [1.29, 1.82) is 0 Å². The van der Waals surface area contributed by atoms with Gasteiger partial charge in [0.1, 0.15) is 0 Å². The van der Waals surface area contributed by atoms with Gasteiger partial charge in [0, 0.05) is 17.0 Å². The fraction of sp³-hybridized carbons (Fsp3) is 0.211. The normalized spacial score (nSPS) is 11.2. The smallest absolute Gasteiger partial charge is 0.356 e. The van der Waals surface area contributed by atoms with Gasteiger partial charge in [-0.15, -0.1) is 0 Å². The minimum Gasteiger partial charge on any atom is -0.493 e. The van der Waals surface area contributed by atoms with Crippen LogP contribution in [0.5, 0.6) is 11.5 Å². The molecule has 148 valence electrons. The molecule has 3 rings (SSSR count). The number of sulfonamides is 1. The van der Waals surface area contributed by atoms with Gasteiger partial charge >= 0.3 is 5.97 Å². The summed E-state index contributed by atoms with van der Waals surface area (Å²) in [5.74, 6) is 0.0272. The van der Waals surface area contributed by atoms with Crippen LogP contribution in [0.1, 0.15) is 17.4 Å².